The van der Waals surface area contributed by atoms with E-state index in [0.717, 1.165) is 60.2 Å². The maximum atomic E-state index is 5.06. The minimum Gasteiger partial charge on any atom is -0.353 e. The van der Waals surface area contributed by atoms with Crippen LogP contribution in [0.3, 0.4) is 0 Å². The van der Waals surface area contributed by atoms with Gasteiger partial charge in [-0.1, -0.05) is 30.3 Å². The molecule has 5 rings (SSSR count). The van der Waals surface area contributed by atoms with Crippen LogP contribution >= 0.6 is 0 Å². The molecule has 1 fully saturated rings. The van der Waals surface area contributed by atoms with Crippen molar-refractivity contribution < 1.29 is 0 Å². The minimum atomic E-state index is 0.424. The highest BCUT2D eigenvalue weighted by atomic mass is 15.3. The number of hydrogen-bond donors (Lipinski definition) is 0. The van der Waals surface area contributed by atoms with Crippen LogP contribution in [0.25, 0.3) is 16.9 Å². The van der Waals surface area contributed by atoms with Crippen LogP contribution in [0, 0.1) is 13.8 Å². The Labute approximate surface area is 183 Å². The van der Waals surface area contributed by atoms with Crippen molar-refractivity contribution >= 4 is 11.5 Å². The van der Waals surface area contributed by atoms with E-state index in [0.29, 0.717) is 6.04 Å². The molecule has 0 amide bonds. The fourth-order valence-corrected chi connectivity index (χ4v) is 4.43. The largest absolute Gasteiger partial charge is 0.353 e. The number of aromatic nitrogens is 4. The molecular formula is C25H28N6. The number of hydrogen-bond acceptors (Lipinski definition) is 5. The Kier molecular flexibility index (Phi) is 5.16. The third-order valence-electron chi connectivity index (χ3n) is 6.40. The van der Waals surface area contributed by atoms with Gasteiger partial charge in [0.2, 0.25) is 0 Å². The lowest BCUT2D eigenvalue weighted by molar-refractivity contribution is 0.198. The molecule has 0 aliphatic carbocycles. The van der Waals surface area contributed by atoms with Gasteiger partial charge in [0.05, 0.1) is 17.6 Å². The Bertz CT molecular complexity index is 1190. The summed E-state index contributed by atoms with van der Waals surface area (Å²) in [6, 6.07) is 13.3. The van der Waals surface area contributed by atoms with Gasteiger partial charge in [-0.15, -0.1) is 0 Å². The number of nitrogens with zero attached hydrogens (tertiary/aromatic N) is 6. The summed E-state index contributed by atoms with van der Waals surface area (Å²) in [5.41, 5.74) is 6.49. The van der Waals surface area contributed by atoms with Gasteiger partial charge >= 0.3 is 0 Å². The van der Waals surface area contributed by atoms with Crippen LogP contribution in [-0.4, -0.2) is 50.4 Å². The van der Waals surface area contributed by atoms with E-state index in [4.69, 9.17) is 9.97 Å². The summed E-state index contributed by atoms with van der Waals surface area (Å²) in [4.78, 5) is 19.0. The number of rotatable bonds is 4. The van der Waals surface area contributed by atoms with Gasteiger partial charge in [0.15, 0.2) is 0 Å². The van der Waals surface area contributed by atoms with Crippen LogP contribution in [0.2, 0.25) is 0 Å². The Balaban J connectivity index is 1.37. The number of benzene rings is 1. The number of piperazine rings is 1. The first-order valence-electron chi connectivity index (χ1n) is 10.9. The van der Waals surface area contributed by atoms with E-state index < -0.39 is 0 Å². The molecule has 0 radical (unpaired) electrons. The van der Waals surface area contributed by atoms with Crippen molar-refractivity contribution in [1.82, 2.24) is 24.3 Å². The number of anilines is 1. The van der Waals surface area contributed by atoms with Crippen molar-refractivity contribution in [1.29, 1.82) is 0 Å². The molecule has 4 aromatic rings. The zero-order chi connectivity index (χ0) is 21.4. The number of aryl methyl sites for hydroxylation is 2. The lowest BCUT2D eigenvalue weighted by Gasteiger charge is -2.38. The molecule has 1 unspecified atom stereocenters. The Morgan fingerprint density at radius 2 is 1.74 bits per heavy atom. The molecule has 1 aliphatic rings. The third kappa shape index (κ3) is 3.79. The van der Waals surface area contributed by atoms with Crippen molar-refractivity contribution in [2.75, 3.05) is 31.1 Å². The fraction of sp³-hybridized carbons (Fsp3) is 0.320. The lowest BCUT2D eigenvalue weighted by atomic mass is 10.1. The quantitative estimate of drug-likeness (QED) is 0.500. The second kappa shape index (κ2) is 8.12. The monoisotopic (exact) mass is 412 g/mol. The highest BCUT2D eigenvalue weighted by Crippen LogP contribution is 2.28. The average Bonchev–Trinajstić information content (AvgIpc) is 3.26. The van der Waals surface area contributed by atoms with Crippen molar-refractivity contribution in [2.45, 2.75) is 26.8 Å². The van der Waals surface area contributed by atoms with Gasteiger partial charge in [0.25, 0.3) is 0 Å². The van der Waals surface area contributed by atoms with Gasteiger partial charge in [0.1, 0.15) is 11.5 Å². The maximum Gasteiger partial charge on any atom is 0.147 e. The Hall–Kier alpha value is -3.25. The predicted molar refractivity (Wildman–Crippen MR) is 124 cm³/mol. The molecule has 0 spiro atoms. The third-order valence-corrected chi connectivity index (χ3v) is 6.40. The summed E-state index contributed by atoms with van der Waals surface area (Å²) < 4.78 is 2.04. The molecule has 1 saturated heterocycles. The van der Waals surface area contributed by atoms with E-state index in [1.165, 1.54) is 5.56 Å². The first kappa shape index (κ1) is 19.7. The average molecular weight is 413 g/mol. The normalized spacial score (nSPS) is 16.0. The van der Waals surface area contributed by atoms with Crippen LogP contribution in [0.5, 0.6) is 0 Å². The number of pyridine rings is 1. The van der Waals surface area contributed by atoms with Crippen molar-refractivity contribution in [2.24, 2.45) is 0 Å². The topological polar surface area (TPSA) is 49.6 Å². The Morgan fingerprint density at radius 3 is 2.52 bits per heavy atom. The van der Waals surface area contributed by atoms with E-state index in [9.17, 15) is 0 Å². The number of fused-ring (bicyclic) bond motifs is 1. The molecule has 0 N–H and O–H groups in total. The van der Waals surface area contributed by atoms with Crippen LogP contribution in [-0.2, 0) is 0 Å². The number of imidazole rings is 1. The molecule has 3 aromatic heterocycles. The molecule has 6 heteroatoms. The predicted octanol–water partition coefficient (Wildman–Crippen LogP) is 4.29. The molecule has 0 bridgehead atoms. The van der Waals surface area contributed by atoms with E-state index in [2.05, 4.69) is 71.2 Å². The van der Waals surface area contributed by atoms with Crippen molar-refractivity contribution in [3.05, 3.63) is 78.0 Å². The van der Waals surface area contributed by atoms with Crippen LogP contribution in [0.1, 0.15) is 29.8 Å². The minimum absolute atomic E-state index is 0.424. The van der Waals surface area contributed by atoms with E-state index in [1.54, 1.807) is 0 Å². The molecule has 6 nitrogen and oxygen atoms in total. The van der Waals surface area contributed by atoms with Crippen LogP contribution < -0.4 is 4.90 Å². The summed E-state index contributed by atoms with van der Waals surface area (Å²) in [6.45, 7) is 10.4. The molecule has 1 aliphatic heterocycles. The highest BCUT2D eigenvalue weighted by molar-refractivity contribution is 5.68. The molecule has 31 heavy (non-hydrogen) atoms. The van der Waals surface area contributed by atoms with E-state index >= 15 is 0 Å². The zero-order valence-electron chi connectivity index (χ0n) is 18.4. The van der Waals surface area contributed by atoms with Crippen molar-refractivity contribution in [3.8, 4) is 11.3 Å². The van der Waals surface area contributed by atoms with Gasteiger partial charge in [-0.2, -0.15) is 0 Å². The smallest absolute Gasteiger partial charge is 0.147 e. The van der Waals surface area contributed by atoms with Gasteiger partial charge < -0.3 is 9.30 Å². The Morgan fingerprint density at radius 1 is 0.968 bits per heavy atom. The van der Waals surface area contributed by atoms with Gasteiger partial charge in [-0.3, -0.25) is 9.88 Å². The summed E-state index contributed by atoms with van der Waals surface area (Å²) >= 11 is 0. The maximum absolute atomic E-state index is 5.06. The molecule has 4 heterocycles. The second-order valence-electron chi connectivity index (χ2n) is 8.33. The second-order valence-corrected chi connectivity index (χ2v) is 8.33. The molecule has 158 valence electrons. The molecular weight excluding hydrogens is 384 g/mol. The molecule has 1 atom stereocenters. The van der Waals surface area contributed by atoms with E-state index in [-0.39, 0.29) is 0 Å². The van der Waals surface area contributed by atoms with E-state index in [1.807, 2.05) is 29.9 Å². The van der Waals surface area contributed by atoms with Gasteiger partial charge in [0, 0.05) is 56.4 Å². The first-order valence-corrected chi connectivity index (χ1v) is 10.9. The van der Waals surface area contributed by atoms with Crippen LogP contribution in [0.15, 0.2) is 61.2 Å². The summed E-state index contributed by atoms with van der Waals surface area (Å²) in [6.07, 6.45) is 7.82. The van der Waals surface area contributed by atoms with Crippen molar-refractivity contribution in [3.63, 3.8) is 0 Å². The molecule has 1 aromatic carbocycles. The summed E-state index contributed by atoms with van der Waals surface area (Å²) in [5, 5.41) is 0. The zero-order valence-corrected chi connectivity index (χ0v) is 18.4. The first-order chi connectivity index (χ1) is 15.1. The summed E-state index contributed by atoms with van der Waals surface area (Å²) in [7, 11) is 0. The standard InChI is InChI=1S/C25H28N6/c1-18-15-23-26-9-10-31(23)17-22(18)25-19(2)27-16-24(28-25)30-13-11-29(12-14-30)20(3)21-7-5-4-6-8-21/h4-10,15-17,20H,11-14H2,1-3H3. The fourth-order valence-electron chi connectivity index (χ4n) is 4.43. The van der Waals surface area contributed by atoms with Gasteiger partial charge in [-0.05, 0) is 38.0 Å². The highest BCUT2D eigenvalue weighted by Gasteiger charge is 2.23. The van der Waals surface area contributed by atoms with Crippen LogP contribution in [0.4, 0.5) is 5.82 Å². The SMILES string of the molecule is Cc1cc2nccn2cc1-c1nc(N2CCN(C(C)c3ccccc3)CC2)cnc1C. The lowest BCUT2D eigenvalue weighted by Crippen LogP contribution is -2.47. The summed E-state index contributed by atoms with van der Waals surface area (Å²) in [5.74, 6) is 0.956. The molecule has 0 saturated carbocycles. The van der Waals surface area contributed by atoms with Gasteiger partial charge in [-0.25, -0.2) is 9.97 Å².